The van der Waals surface area contributed by atoms with Crippen molar-refractivity contribution in [1.82, 2.24) is 4.90 Å². The zero-order valence-corrected chi connectivity index (χ0v) is 12.7. The molecule has 0 aromatic heterocycles. The van der Waals surface area contributed by atoms with Gasteiger partial charge in [-0.25, -0.2) is 4.39 Å². The predicted molar refractivity (Wildman–Crippen MR) is 85.5 cm³/mol. The fraction of sp³-hybridized carbons (Fsp3) is 0.333. The molecule has 0 aliphatic carbocycles. The molecule has 0 heterocycles. The summed E-state index contributed by atoms with van der Waals surface area (Å²) in [6.07, 6.45) is 1.05. The first-order valence-corrected chi connectivity index (χ1v) is 7.37. The average Bonchev–Trinajstić information content (AvgIpc) is 2.49. The van der Waals surface area contributed by atoms with Gasteiger partial charge in [-0.05, 0) is 42.3 Å². The van der Waals surface area contributed by atoms with Crippen molar-refractivity contribution in [3.8, 4) is 0 Å². The highest BCUT2D eigenvalue weighted by atomic mass is 19.1. The molecule has 2 nitrogen and oxygen atoms in total. The number of aryl methyl sites for hydroxylation is 1. The molecule has 2 rings (SSSR count). The van der Waals surface area contributed by atoms with Crippen molar-refractivity contribution in [3.05, 3.63) is 71.0 Å². The maximum atomic E-state index is 13.4. The van der Waals surface area contributed by atoms with Crippen LogP contribution < -0.4 is 5.73 Å². The van der Waals surface area contributed by atoms with Crippen molar-refractivity contribution in [3.63, 3.8) is 0 Å². The largest absolute Gasteiger partial charge is 0.329 e. The molecule has 0 aliphatic rings. The Morgan fingerprint density at radius 2 is 1.76 bits per heavy atom. The first-order valence-electron chi connectivity index (χ1n) is 7.37. The second-order valence-corrected chi connectivity index (χ2v) is 5.39. The van der Waals surface area contributed by atoms with E-state index in [-0.39, 0.29) is 11.9 Å². The zero-order valence-electron chi connectivity index (χ0n) is 12.7. The van der Waals surface area contributed by atoms with Crippen molar-refractivity contribution in [2.75, 3.05) is 13.6 Å². The van der Waals surface area contributed by atoms with Crippen molar-refractivity contribution in [1.29, 1.82) is 0 Å². The molecule has 0 radical (unpaired) electrons. The highest BCUT2D eigenvalue weighted by Crippen LogP contribution is 2.21. The van der Waals surface area contributed by atoms with Gasteiger partial charge in [-0.15, -0.1) is 0 Å². The van der Waals surface area contributed by atoms with Gasteiger partial charge in [-0.2, -0.15) is 0 Å². The average molecular weight is 286 g/mol. The first-order chi connectivity index (χ1) is 10.1. The standard InChI is InChI=1S/C18H23FN2/c1-3-14-7-9-15(10-8-14)13-21(2)18(12-20)16-5-4-6-17(19)11-16/h4-11,18H,3,12-13,20H2,1-2H3. The van der Waals surface area contributed by atoms with E-state index in [1.807, 2.05) is 13.1 Å². The maximum absolute atomic E-state index is 13.4. The molecule has 0 bridgehead atoms. The van der Waals surface area contributed by atoms with Gasteiger partial charge in [0.2, 0.25) is 0 Å². The Balaban J connectivity index is 2.10. The van der Waals surface area contributed by atoms with Crippen LogP contribution in [-0.2, 0) is 13.0 Å². The summed E-state index contributed by atoms with van der Waals surface area (Å²) in [5, 5.41) is 0. The summed E-state index contributed by atoms with van der Waals surface area (Å²) in [4.78, 5) is 2.16. The van der Waals surface area contributed by atoms with Crippen LogP contribution in [-0.4, -0.2) is 18.5 Å². The molecule has 21 heavy (non-hydrogen) atoms. The molecule has 2 aromatic rings. The van der Waals surface area contributed by atoms with E-state index in [2.05, 4.69) is 36.1 Å². The molecule has 2 aromatic carbocycles. The molecule has 0 aliphatic heterocycles. The van der Waals surface area contributed by atoms with Gasteiger partial charge in [0, 0.05) is 19.1 Å². The second kappa shape index (κ2) is 7.34. The summed E-state index contributed by atoms with van der Waals surface area (Å²) in [6, 6.07) is 15.3. The van der Waals surface area contributed by atoms with Crippen LogP contribution in [0.1, 0.15) is 29.7 Å². The van der Waals surface area contributed by atoms with Crippen molar-refractivity contribution >= 4 is 0 Å². The SMILES string of the molecule is CCc1ccc(CN(C)C(CN)c2cccc(F)c2)cc1. The number of rotatable bonds is 6. The normalized spacial score (nSPS) is 12.6. The molecule has 1 atom stereocenters. The van der Waals surface area contributed by atoms with Crippen molar-refractivity contribution in [2.45, 2.75) is 25.9 Å². The predicted octanol–water partition coefficient (Wildman–Crippen LogP) is 3.52. The summed E-state index contributed by atoms with van der Waals surface area (Å²) in [7, 11) is 2.02. The zero-order chi connectivity index (χ0) is 15.2. The number of likely N-dealkylation sites (N-methyl/N-ethyl adjacent to an activating group) is 1. The van der Waals surface area contributed by atoms with E-state index in [4.69, 9.17) is 5.73 Å². The van der Waals surface area contributed by atoms with Crippen LogP contribution in [0.25, 0.3) is 0 Å². The Morgan fingerprint density at radius 3 is 2.33 bits per heavy atom. The molecule has 0 spiro atoms. The minimum atomic E-state index is -0.216. The van der Waals surface area contributed by atoms with E-state index >= 15 is 0 Å². The Hall–Kier alpha value is -1.71. The van der Waals surface area contributed by atoms with Crippen LogP contribution in [0, 0.1) is 5.82 Å². The van der Waals surface area contributed by atoms with Crippen molar-refractivity contribution in [2.24, 2.45) is 5.73 Å². The van der Waals surface area contributed by atoms with Gasteiger partial charge < -0.3 is 5.73 Å². The minimum Gasteiger partial charge on any atom is -0.329 e. The lowest BCUT2D eigenvalue weighted by Gasteiger charge is -2.27. The number of hydrogen-bond donors (Lipinski definition) is 1. The molecule has 3 heteroatoms. The molecular formula is C18H23FN2. The molecule has 0 saturated heterocycles. The quantitative estimate of drug-likeness (QED) is 0.880. The Labute approximate surface area is 126 Å². The lowest BCUT2D eigenvalue weighted by Crippen LogP contribution is -2.30. The maximum Gasteiger partial charge on any atom is 0.123 e. The van der Waals surface area contributed by atoms with Crippen LogP contribution in [0.4, 0.5) is 4.39 Å². The Morgan fingerprint density at radius 1 is 1.10 bits per heavy atom. The van der Waals surface area contributed by atoms with Gasteiger partial charge in [-0.1, -0.05) is 43.3 Å². The summed E-state index contributed by atoms with van der Waals surface area (Å²) in [5.41, 5.74) is 9.39. The van der Waals surface area contributed by atoms with Gasteiger partial charge in [0.1, 0.15) is 5.82 Å². The monoisotopic (exact) mass is 286 g/mol. The first kappa shape index (κ1) is 15.7. The summed E-state index contributed by atoms with van der Waals surface area (Å²) in [6.45, 7) is 3.41. The Kier molecular flexibility index (Phi) is 5.48. The number of hydrogen-bond acceptors (Lipinski definition) is 2. The van der Waals surface area contributed by atoms with Crippen molar-refractivity contribution < 1.29 is 4.39 Å². The Bertz CT molecular complexity index is 566. The lowest BCUT2D eigenvalue weighted by molar-refractivity contribution is 0.241. The minimum absolute atomic E-state index is 0.0200. The topological polar surface area (TPSA) is 29.3 Å². The van der Waals surface area contributed by atoms with Crippen LogP contribution >= 0.6 is 0 Å². The van der Waals surface area contributed by atoms with Gasteiger partial charge in [0.05, 0.1) is 0 Å². The third-order valence-corrected chi connectivity index (χ3v) is 3.85. The van der Waals surface area contributed by atoms with Crippen LogP contribution in [0.15, 0.2) is 48.5 Å². The second-order valence-electron chi connectivity index (χ2n) is 5.39. The number of nitrogens with two attached hydrogens (primary N) is 1. The van der Waals surface area contributed by atoms with Gasteiger partial charge in [-0.3, -0.25) is 4.90 Å². The van der Waals surface area contributed by atoms with E-state index in [1.165, 1.54) is 17.2 Å². The van der Waals surface area contributed by atoms with Crippen LogP contribution in [0.5, 0.6) is 0 Å². The summed E-state index contributed by atoms with van der Waals surface area (Å²) < 4.78 is 13.4. The number of nitrogens with zero attached hydrogens (tertiary/aromatic N) is 1. The van der Waals surface area contributed by atoms with E-state index in [0.29, 0.717) is 6.54 Å². The highest BCUT2D eigenvalue weighted by Gasteiger charge is 2.16. The molecule has 1 unspecified atom stereocenters. The molecule has 0 fully saturated rings. The molecular weight excluding hydrogens is 263 g/mol. The fourth-order valence-electron chi connectivity index (χ4n) is 2.56. The number of halogens is 1. The van der Waals surface area contributed by atoms with E-state index < -0.39 is 0 Å². The third-order valence-electron chi connectivity index (χ3n) is 3.85. The molecule has 0 saturated carbocycles. The molecule has 2 N–H and O–H groups in total. The lowest BCUT2D eigenvalue weighted by atomic mass is 10.0. The number of benzene rings is 2. The van der Waals surface area contributed by atoms with E-state index in [0.717, 1.165) is 18.5 Å². The van der Waals surface area contributed by atoms with Gasteiger partial charge in [0.15, 0.2) is 0 Å². The van der Waals surface area contributed by atoms with E-state index in [1.54, 1.807) is 12.1 Å². The smallest absolute Gasteiger partial charge is 0.123 e. The fourth-order valence-corrected chi connectivity index (χ4v) is 2.56. The molecule has 0 amide bonds. The summed E-state index contributed by atoms with van der Waals surface area (Å²) >= 11 is 0. The van der Waals surface area contributed by atoms with Crippen LogP contribution in [0.2, 0.25) is 0 Å². The third kappa shape index (κ3) is 4.13. The highest BCUT2D eigenvalue weighted by molar-refractivity contribution is 5.24. The molecule has 112 valence electrons. The van der Waals surface area contributed by atoms with Crippen LogP contribution in [0.3, 0.4) is 0 Å². The van der Waals surface area contributed by atoms with E-state index in [9.17, 15) is 4.39 Å². The summed E-state index contributed by atoms with van der Waals surface area (Å²) in [5.74, 6) is -0.216. The van der Waals surface area contributed by atoms with Gasteiger partial charge in [0.25, 0.3) is 0 Å². The van der Waals surface area contributed by atoms with Gasteiger partial charge >= 0.3 is 0 Å².